The number of nitrogens with zero attached hydrogens (tertiary/aromatic N) is 4. The second-order valence-corrected chi connectivity index (χ2v) is 7.35. The maximum atomic E-state index is 12.3. The number of hydrogen-bond acceptors (Lipinski definition) is 6. The van der Waals surface area contributed by atoms with Crippen molar-refractivity contribution in [3.8, 4) is 11.5 Å². The summed E-state index contributed by atoms with van der Waals surface area (Å²) in [6, 6.07) is 8.18. The van der Waals surface area contributed by atoms with Crippen molar-refractivity contribution < 1.29 is 14.3 Å². The van der Waals surface area contributed by atoms with Gasteiger partial charge in [-0.3, -0.25) is 4.79 Å². The number of likely N-dealkylation sites (tertiary alicyclic amines) is 1. The van der Waals surface area contributed by atoms with Gasteiger partial charge in [0.15, 0.2) is 0 Å². The number of carbonyl (C=O) groups excluding carboxylic acids is 1. The number of carbonyl (C=O) groups is 1. The van der Waals surface area contributed by atoms with Crippen molar-refractivity contribution in [2.45, 2.75) is 51.9 Å². The number of rotatable bonds is 8. The monoisotopic (exact) mass is 387 g/mol. The molecule has 3 rings (SSSR count). The largest absolute Gasteiger partial charge is 0.497 e. The zero-order valence-electron chi connectivity index (χ0n) is 16.8. The molecule has 2 heterocycles. The number of piperidine rings is 1. The Morgan fingerprint density at radius 1 is 1.29 bits per heavy atom. The van der Waals surface area contributed by atoms with Gasteiger partial charge in [0.25, 0.3) is 0 Å². The molecule has 1 saturated heterocycles. The summed E-state index contributed by atoms with van der Waals surface area (Å²) in [7, 11) is 1.61. The topological polar surface area (TPSA) is 81.5 Å². The molecule has 0 radical (unpaired) electrons. The fourth-order valence-electron chi connectivity index (χ4n) is 3.31. The van der Waals surface area contributed by atoms with Crippen LogP contribution in [0.5, 0.6) is 11.5 Å². The van der Waals surface area contributed by atoms with E-state index in [2.05, 4.69) is 34.4 Å². The van der Waals surface area contributed by atoms with E-state index in [0.29, 0.717) is 17.5 Å². The lowest BCUT2D eigenvalue weighted by Crippen LogP contribution is -2.47. The molecule has 0 atom stereocenters. The van der Waals surface area contributed by atoms with Crippen LogP contribution in [0.25, 0.3) is 0 Å². The summed E-state index contributed by atoms with van der Waals surface area (Å²) in [5.74, 6) is 1.39. The standard InChI is InChI=1S/C20H29N5O3/c1-15(2)24-9-7-16(8-10-24)21-20(26)13-25-12-17(22-23-25)14-28-19-6-4-5-18(11-19)27-3/h4-6,11-12,15-16H,7-10,13-14H2,1-3H3,(H,21,26). The zero-order chi connectivity index (χ0) is 19.9. The second kappa shape index (κ2) is 9.54. The highest BCUT2D eigenvalue weighted by molar-refractivity contribution is 5.75. The summed E-state index contributed by atoms with van der Waals surface area (Å²) in [6.07, 6.45) is 3.71. The molecule has 1 N–H and O–H groups in total. The minimum Gasteiger partial charge on any atom is -0.497 e. The van der Waals surface area contributed by atoms with Crippen LogP contribution < -0.4 is 14.8 Å². The van der Waals surface area contributed by atoms with Gasteiger partial charge in [0.1, 0.15) is 30.3 Å². The molecule has 1 aliphatic heterocycles. The molecule has 1 aromatic heterocycles. The van der Waals surface area contributed by atoms with Crippen molar-refractivity contribution in [3.05, 3.63) is 36.2 Å². The van der Waals surface area contributed by atoms with Crippen LogP contribution >= 0.6 is 0 Å². The quantitative estimate of drug-likeness (QED) is 0.745. The number of nitrogens with one attached hydrogen (secondary N) is 1. The summed E-state index contributed by atoms with van der Waals surface area (Å²) >= 11 is 0. The first-order valence-electron chi connectivity index (χ1n) is 9.73. The van der Waals surface area contributed by atoms with Gasteiger partial charge < -0.3 is 19.7 Å². The molecule has 8 heteroatoms. The number of methoxy groups -OCH3 is 1. The molecular formula is C20H29N5O3. The third-order valence-electron chi connectivity index (χ3n) is 4.94. The Morgan fingerprint density at radius 3 is 2.75 bits per heavy atom. The lowest BCUT2D eigenvalue weighted by Gasteiger charge is -2.34. The summed E-state index contributed by atoms with van der Waals surface area (Å²) in [4.78, 5) is 14.7. The van der Waals surface area contributed by atoms with E-state index in [1.54, 1.807) is 18.0 Å². The van der Waals surface area contributed by atoms with Crippen LogP contribution in [0.1, 0.15) is 32.4 Å². The van der Waals surface area contributed by atoms with Crippen molar-refractivity contribution in [2.75, 3.05) is 20.2 Å². The van der Waals surface area contributed by atoms with Crippen LogP contribution in [0.3, 0.4) is 0 Å². The van der Waals surface area contributed by atoms with Crippen molar-refractivity contribution in [3.63, 3.8) is 0 Å². The van der Waals surface area contributed by atoms with Crippen LogP contribution in [0, 0.1) is 0 Å². The fourth-order valence-corrected chi connectivity index (χ4v) is 3.31. The Labute approximate surface area is 165 Å². The Hall–Kier alpha value is -2.61. The van der Waals surface area contributed by atoms with Crippen LogP contribution in [-0.2, 0) is 17.9 Å². The number of aromatic nitrogens is 3. The Morgan fingerprint density at radius 2 is 2.04 bits per heavy atom. The predicted octanol–water partition coefficient (Wildman–Crippen LogP) is 1.85. The van der Waals surface area contributed by atoms with Gasteiger partial charge in [0.2, 0.25) is 5.91 Å². The molecule has 0 unspecified atom stereocenters. The highest BCUT2D eigenvalue weighted by Gasteiger charge is 2.22. The van der Waals surface area contributed by atoms with Crippen LogP contribution in [0.15, 0.2) is 30.5 Å². The van der Waals surface area contributed by atoms with Crippen molar-refractivity contribution in [1.82, 2.24) is 25.2 Å². The highest BCUT2D eigenvalue weighted by Crippen LogP contribution is 2.19. The van der Waals surface area contributed by atoms with Crippen LogP contribution in [0.4, 0.5) is 0 Å². The normalized spacial score (nSPS) is 15.6. The Bertz CT molecular complexity index is 769. The Balaban J connectivity index is 1.43. The average Bonchev–Trinajstić information content (AvgIpc) is 3.14. The van der Waals surface area contributed by atoms with Gasteiger partial charge in [-0.25, -0.2) is 4.68 Å². The van der Waals surface area contributed by atoms with Gasteiger partial charge >= 0.3 is 0 Å². The lowest BCUT2D eigenvalue weighted by atomic mass is 10.0. The molecule has 8 nitrogen and oxygen atoms in total. The molecule has 0 bridgehead atoms. The molecule has 1 aliphatic rings. The first kappa shape index (κ1) is 20.1. The molecule has 0 saturated carbocycles. The van der Waals surface area contributed by atoms with E-state index in [1.807, 2.05) is 24.3 Å². The molecule has 1 amide bonds. The summed E-state index contributed by atoms with van der Waals surface area (Å²) in [6.45, 7) is 6.91. The van der Waals surface area contributed by atoms with Crippen molar-refractivity contribution in [2.24, 2.45) is 0 Å². The molecule has 28 heavy (non-hydrogen) atoms. The summed E-state index contributed by atoms with van der Waals surface area (Å²) in [5, 5.41) is 11.2. The summed E-state index contributed by atoms with van der Waals surface area (Å²) in [5.41, 5.74) is 0.667. The van der Waals surface area contributed by atoms with Gasteiger partial charge in [-0.05, 0) is 38.8 Å². The number of benzene rings is 1. The first-order valence-corrected chi connectivity index (χ1v) is 9.73. The second-order valence-electron chi connectivity index (χ2n) is 7.35. The molecular weight excluding hydrogens is 358 g/mol. The van der Waals surface area contributed by atoms with E-state index < -0.39 is 0 Å². The van der Waals surface area contributed by atoms with E-state index in [0.717, 1.165) is 31.7 Å². The van der Waals surface area contributed by atoms with E-state index in [4.69, 9.17) is 9.47 Å². The van der Waals surface area contributed by atoms with Gasteiger partial charge in [-0.15, -0.1) is 5.10 Å². The minimum absolute atomic E-state index is 0.0341. The number of ether oxygens (including phenoxy) is 2. The summed E-state index contributed by atoms with van der Waals surface area (Å²) < 4.78 is 12.4. The van der Waals surface area contributed by atoms with E-state index in [1.165, 1.54) is 0 Å². The van der Waals surface area contributed by atoms with Gasteiger partial charge in [0, 0.05) is 31.2 Å². The zero-order valence-corrected chi connectivity index (χ0v) is 16.8. The van der Waals surface area contributed by atoms with E-state index >= 15 is 0 Å². The average molecular weight is 387 g/mol. The third kappa shape index (κ3) is 5.69. The Kier molecular flexibility index (Phi) is 6.86. The third-order valence-corrected chi connectivity index (χ3v) is 4.94. The SMILES string of the molecule is COc1cccc(OCc2cn(CC(=O)NC3CCN(C(C)C)CC3)nn2)c1. The lowest BCUT2D eigenvalue weighted by molar-refractivity contribution is -0.122. The number of hydrogen-bond donors (Lipinski definition) is 1. The molecule has 1 fully saturated rings. The number of amides is 1. The first-order chi connectivity index (χ1) is 13.5. The van der Waals surface area contributed by atoms with E-state index in [-0.39, 0.29) is 25.1 Å². The van der Waals surface area contributed by atoms with E-state index in [9.17, 15) is 4.79 Å². The smallest absolute Gasteiger partial charge is 0.242 e. The predicted molar refractivity (Wildman–Crippen MR) is 105 cm³/mol. The van der Waals surface area contributed by atoms with Crippen molar-refractivity contribution >= 4 is 5.91 Å². The van der Waals surface area contributed by atoms with Crippen molar-refractivity contribution in [1.29, 1.82) is 0 Å². The molecule has 2 aromatic rings. The molecule has 0 spiro atoms. The van der Waals surface area contributed by atoms with Gasteiger partial charge in [0.05, 0.1) is 13.3 Å². The molecule has 1 aromatic carbocycles. The van der Waals surface area contributed by atoms with Gasteiger partial charge in [-0.2, -0.15) is 0 Å². The molecule has 152 valence electrons. The van der Waals surface area contributed by atoms with Crippen LogP contribution in [-0.4, -0.2) is 58.1 Å². The maximum absolute atomic E-state index is 12.3. The van der Waals surface area contributed by atoms with Gasteiger partial charge in [-0.1, -0.05) is 11.3 Å². The van der Waals surface area contributed by atoms with Crippen LogP contribution in [0.2, 0.25) is 0 Å². The molecule has 0 aliphatic carbocycles. The fraction of sp³-hybridized carbons (Fsp3) is 0.550. The highest BCUT2D eigenvalue weighted by atomic mass is 16.5. The minimum atomic E-state index is -0.0341. The maximum Gasteiger partial charge on any atom is 0.242 e.